The summed E-state index contributed by atoms with van der Waals surface area (Å²) < 4.78 is 0. The molecule has 0 bridgehead atoms. The van der Waals surface area contributed by atoms with E-state index in [1.54, 1.807) is 0 Å². The molecule has 0 nitrogen and oxygen atoms in total. The smallest absolute Gasteiger partial charge is 0.0184 e. The van der Waals surface area contributed by atoms with Crippen molar-refractivity contribution >= 4 is 12.2 Å². The molecule has 0 aromatic heterocycles. The summed E-state index contributed by atoms with van der Waals surface area (Å²) in [5.74, 6) is 0. The van der Waals surface area contributed by atoms with Gasteiger partial charge in [0.25, 0.3) is 0 Å². The fourth-order valence-electron chi connectivity index (χ4n) is 2.12. The van der Waals surface area contributed by atoms with Crippen LogP contribution >= 0.6 is 0 Å². The summed E-state index contributed by atoms with van der Waals surface area (Å²) in [4.78, 5) is 0. The zero-order valence-corrected chi connectivity index (χ0v) is 10.1. The zero-order valence-electron chi connectivity index (χ0n) is 10.1. The minimum atomic E-state index is 1.24. The van der Waals surface area contributed by atoms with Crippen LogP contribution in [0.5, 0.6) is 0 Å². The first-order chi connectivity index (χ1) is 8.93. The molecule has 0 heteroatoms. The molecule has 0 N–H and O–H groups in total. The van der Waals surface area contributed by atoms with Gasteiger partial charge in [-0.05, 0) is 22.3 Å². The van der Waals surface area contributed by atoms with Crippen LogP contribution in [0.2, 0.25) is 0 Å². The molecule has 1 aromatic rings. The van der Waals surface area contributed by atoms with Crippen molar-refractivity contribution in [3.63, 3.8) is 0 Å². The predicted octanol–water partition coefficient (Wildman–Crippen LogP) is 4.71. The van der Waals surface area contributed by atoms with Gasteiger partial charge in [0, 0.05) is 0 Å². The molecular formula is C18H14. The van der Waals surface area contributed by atoms with Crippen LogP contribution in [0.15, 0.2) is 84.0 Å². The lowest BCUT2D eigenvalue weighted by atomic mass is 10.1. The summed E-state index contributed by atoms with van der Waals surface area (Å²) in [5, 5.41) is 0. The monoisotopic (exact) mass is 230 g/mol. The fourth-order valence-corrected chi connectivity index (χ4v) is 2.12. The van der Waals surface area contributed by atoms with E-state index in [1.807, 2.05) is 12.2 Å². The number of fused-ring (bicyclic) bond motifs is 1. The first-order valence-corrected chi connectivity index (χ1v) is 6.14. The summed E-state index contributed by atoms with van der Waals surface area (Å²) in [6.45, 7) is 0. The van der Waals surface area contributed by atoms with Gasteiger partial charge in [-0.25, -0.2) is 0 Å². The Balaban J connectivity index is 2.06. The molecule has 0 unspecified atom stereocenters. The van der Waals surface area contributed by atoms with Gasteiger partial charge in [0.15, 0.2) is 0 Å². The Bertz CT molecular complexity index is 579. The van der Waals surface area contributed by atoms with Crippen LogP contribution < -0.4 is 0 Å². The molecule has 1 aromatic carbocycles. The van der Waals surface area contributed by atoms with Crippen molar-refractivity contribution in [3.8, 4) is 0 Å². The Morgan fingerprint density at radius 3 is 1.50 bits per heavy atom. The van der Waals surface area contributed by atoms with Crippen molar-refractivity contribution in [1.82, 2.24) is 0 Å². The molecule has 0 fully saturated rings. The first-order valence-electron chi connectivity index (χ1n) is 6.14. The number of allylic oxidation sites excluding steroid dienone is 10. The normalized spacial score (nSPS) is 16.7. The third kappa shape index (κ3) is 2.18. The summed E-state index contributed by atoms with van der Waals surface area (Å²) in [5.41, 5.74) is 5.01. The van der Waals surface area contributed by atoms with Gasteiger partial charge in [-0.3, -0.25) is 0 Å². The van der Waals surface area contributed by atoms with Crippen molar-refractivity contribution in [3.05, 3.63) is 95.1 Å². The average Bonchev–Trinajstić information content (AvgIpc) is 2.79. The molecule has 0 atom stereocenters. The maximum absolute atomic E-state index is 2.18. The predicted molar refractivity (Wildman–Crippen MR) is 79.0 cm³/mol. The molecule has 18 heavy (non-hydrogen) atoms. The second kappa shape index (κ2) is 4.89. The van der Waals surface area contributed by atoms with Gasteiger partial charge < -0.3 is 0 Å². The Labute approximate surface area is 108 Å². The lowest BCUT2D eigenvalue weighted by Gasteiger charge is -1.98. The van der Waals surface area contributed by atoms with E-state index in [9.17, 15) is 0 Å². The lowest BCUT2D eigenvalue weighted by Crippen LogP contribution is -1.78. The highest BCUT2D eigenvalue weighted by Crippen LogP contribution is 2.22. The van der Waals surface area contributed by atoms with E-state index in [-0.39, 0.29) is 0 Å². The van der Waals surface area contributed by atoms with E-state index in [0.29, 0.717) is 0 Å². The topological polar surface area (TPSA) is 0 Å². The van der Waals surface area contributed by atoms with Crippen LogP contribution in [-0.2, 0) is 0 Å². The Morgan fingerprint density at radius 1 is 0.444 bits per heavy atom. The van der Waals surface area contributed by atoms with Gasteiger partial charge in [0.2, 0.25) is 0 Å². The maximum atomic E-state index is 2.18. The molecule has 3 rings (SSSR count). The highest BCUT2D eigenvalue weighted by Gasteiger charge is 2.02. The van der Waals surface area contributed by atoms with Crippen LogP contribution in [0.3, 0.4) is 0 Å². The summed E-state index contributed by atoms with van der Waals surface area (Å²) in [7, 11) is 0. The summed E-state index contributed by atoms with van der Waals surface area (Å²) in [6.07, 6.45) is 21.2. The van der Waals surface area contributed by atoms with E-state index in [1.165, 1.54) is 22.3 Å². The summed E-state index contributed by atoms with van der Waals surface area (Å²) >= 11 is 0. The van der Waals surface area contributed by atoms with Gasteiger partial charge in [-0.15, -0.1) is 0 Å². The van der Waals surface area contributed by atoms with E-state index < -0.39 is 0 Å². The molecule has 0 saturated heterocycles. The minimum absolute atomic E-state index is 1.24. The highest BCUT2D eigenvalue weighted by molar-refractivity contribution is 5.73. The van der Waals surface area contributed by atoms with Crippen LogP contribution in [0.1, 0.15) is 11.1 Å². The number of hydrogen-bond acceptors (Lipinski definition) is 0. The van der Waals surface area contributed by atoms with Crippen LogP contribution in [0.25, 0.3) is 12.2 Å². The second-order valence-corrected chi connectivity index (χ2v) is 4.31. The van der Waals surface area contributed by atoms with Crippen LogP contribution in [0, 0.1) is 0 Å². The molecule has 0 amide bonds. The summed E-state index contributed by atoms with van der Waals surface area (Å²) in [6, 6.07) is 8.43. The largest absolute Gasteiger partial charge is 0.0622 e. The Hall–Kier alpha value is -2.34. The van der Waals surface area contributed by atoms with E-state index >= 15 is 0 Å². The number of benzene rings is 1. The Morgan fingerprint density at radius 2 is 0.944 bits per heavy atom. The Kier molecular flexibility index (Phi) is 2.93. The van der Waals surface area contributed by atoms with Crippen molar-refractivity contribution in [1.29, 1.82) is 0 Å². The molecule has 0 spiro atoms. The molecule has 86 valence electrons. The molecule has 0 saturated carbocycles. The quantitative estimate of drug-likeness (QED) is 0.605. The van der Waals surface area contributed by atoms with Gasteiger partial charge in [0.1, 0.15) is 0 Å². The first kappa shape index (κ1) is 10.8. The van der Waals surface area contributed by atoms with E-state index in [4.69, 9.17) is 0 Å². The van der Waals surface area contributed by atoms with Crippen molar-refractivity contribution < 1.29 is 0 Å². The SMILES string of the molecule is C1=CC=CC(=C2C=Cc3ccccc3C=C2)C=C1. The molecule has 0 heterocycles. The second-order valence-electron chi connectivity index (χ2n) is 4.31. The van der Waals surface area contributed by atoms with Crippen LogP contribution in [0.4, 0.5) is 0 Å². The standard InChI is InChI=1S/C18H14/c1-2-4-8-15(7-3-1)18-13-11-16-9-5-6-10-17(16)12-14-18/h1-14H. The fraction of sp³-hybridized carbons (Fsp3) is 0. The number of rotatable bonds is 0. The maximum Gasteiger partial charge on any atom is -0.0184 e. The molecule has 0 radical (unpaired) electrons. The van der Waals surface area contributed by atoms with Crippen molar-refractivity contribution in [2.45, 2.75) is 0 Å². The average molecular weight is 230 g/mol. The lowest BCUT2D eigenvalue weighted by molar-refractivity contribution is 1.59. The van der Waals surface area contributed by atoms with Crippen molar-refractivity contribution in [2.75, 3.05) is 0 Å². The highest BCUT2D eigenvalue weighted by atomic mass is 14.1. The number of hydrogen-bond donors (Lipinski definition) is 0. The molecular weight excluding hydrogens is 216 g/mol. The molecule has 2 aliphatic rings. The van der Waals surface area contributed by atoms with Gasteiger partial charge in [-0.1, -0.05) is 85.0 Å². The van der Waals surface area contributed by atoms with E-state index in [2.05, 4.69) is 72.9 Å². The van der Waals surface area contributed by atoms with Gasteiger partial charge in [-0.2, -0.15) is 0 Å². The molecule has 2 aliphatic carbocycles. The third-order valence-electron chi connectivity index (χ3n) is 3.10. The minimum Gasteiger partial charge on any atom is -0.0622 e. The van der Waals surface area contributed by atoms with Crippen LogP contribution in [-0.4, -0.2) is 0 Å². The third-order valence-corrected chi connectivity index (χ3v) is 3.10. The van der Waals surface area contributed by atoms with Crippen molar-refractivity contribution in [2.24, 2.45) is 0 Å². The van der Waals surface area contributed by atoms with Gasteiger partial charge >= 0.3 is 0 Å². The van der Waals surface area contributed by atoms with E-state index in [0.717, 1.165) is 0 Å². The van der Waals surface area contributed by atoms with Gasteiger partial charge in [0.05, 0.1) is 0 Å². The molecule has 0 aliphatic heterocycles. The zero-order chi connectivity index (χ0) is 12.2.